The molecule has 0 amide bonds. The van der Waals surface area contributed by atoms with Gasteiger partial charge in [-0.15, -0.1) is 0 Å². The number of hydrogen-bond donors (Lipinski definition) is 0. The Labute approximate surface area is 103 Å². The smallest absolute Gasteiger partial charge is 0.356 e. The normalized spacial score (nSPS) is 13.2. The second kappa shape index (κ2) is 4.00. The van der Waals surface area contributed by atoms with E-state index in [1.54, 1.807) is 0 Å². The zero-order valence-corrected chi connectivity index (χ0v) is 10.4. The Morgan fingerprint density at radius 1 is 1.17 bits per heavy atom. The fourth-order valence-corrected chi connectivity index (χ4v) is 1.79. The lowest BCUT2D eigenvalue weighted by atomic mass is 9.89. The lowest BCUT2D eigenvalue weighted by Gasteiger charge is -2.15. The van der Waals surface area contributed by atoms with E-state index in [1.807, 2.05) is 20.8 Å². The fraction of sp³-hybridized carbons (Fsp3) is 0.462. The van der Waals surface area contributed by atoms with Gasteiger partial charge in [-0.05, 0) is 30.0 Å². The molecule has 1 heterocycles. The molecule has 0 N–H and O–H groups in total. The van der Waals surface area contributed by atoms with Crippen LogP contribution in [0.15, 0.2) is 22.7 Å². The lowest BCUT2D eigenvalue weighted by molar-refractivity contribution is -0.137. The van der Waals surface area contributed by atoms with Gasteiger partial charge in [0.25, 0.3) is 0 Å². The number of benzene rings is 1. The molecule has 18 heavy (non-hydrogen) atoms. The van der Waals surface area contributed by atoms with Gasteiger partial charge in [0.15, 0.2) is 5.58 Å². The molecule has 0 aliphatic heterocycles. The Morgan fingerprint density at radius 3 is 2.39 bits per heavy atom. The maximum atomic E-state index is 12.6. The highest BCUT2D eigenvalue weighted by molar-refractivity contribution is 5.80. The molecule has 0 saturated heterocycles. The molecule has 98 valence electrons. The van der Waals surface area contributed by atoms with Crippen molar-refractivity contribution in [3.63, 3.8) is 0 Å². The first-order chi connectivity index (χ1) is 8.17. The molecule has 0 fully saturated rings. The fourth-order valence-electron chi connectivity index (χ4n) is 1.79. The van der Waals surface area contributed by atoms with Crippen molar-refractivity contribution >= 4 is 11.0 Å². The third-order valence-electron chi connectivity index (χ3n) is 2.57. The molecule has 1 aromatic heterocycles. The van der Waals surface area contributed by atoms with E-state index in [-0.39, 0.29) is 5.41 Å². The van der Waals surface area contributed by atoms with Crippen LogP contribution < -0.4 is 0 Å². The van der Waals surface area contributed by atoms with Gasteiger partial charge in [-0.2, -0.15) is 13.2 Å². The van der Waals surface area contributed by atoms with Gasteiger partial charge in [-0.1, -0.05) is 25.9 Å². The van der Waals surface area contributed by atoms with E-state index in [1.165, 1.54) is 6.07 Å². The lowest BCUT2D eigenvalue weighted by Crippen LogP contribution is -2.10. The van der Waals surface area contributed by atoms with Crippen molar-refractivity contribution in [2.24, 2.45) is 5.41 Å². The van der Waals surface area contributed by atoms with Crippen LogP contribution in [0.25, 0.3) is 11.0 Å². The Kier molecular flexibility index (Phi) is 2.87. The molecule has 0 saturated carbocycles. The van der Waals surface area contributed by atoms with E-state index in [0.717, 1.165) is 12.1 Å². The minimum absolute atomic E-state index is 0.0575. The van der Waals surface area contributed by atoms with Crippen molar-refractivity contribution in [3.8, 4) is 0 Å². The predicted molar refractivity (Wildman–Crippen MR) is 62.2 cm³/mol. The summed E-state index contributed by atoms with van der Waals surface area (Å²) in [5.41, 5.74) is 0.233. The van der Waals surface area contributed by atoms with Crippen molar-refractivity contribution in [1.82, 2.24) is 5.16 Å². The van der Waals surface area contributed by atoms with Crippen LogP contribution in [0.1, 0.15) is 32.0 Å². The van der Waals surface area contributed by atoms with Crippen molar-refractivity contribution in [2.45, 2.75) is 33.4 Å². The zero-order chi connectivity index (χ0) is 13.6. The third kappa shape index (κ3) is 2.66. The third-order valence-corrected chi connectivity index (χ3v) is 2.57. The number of alkyl halides is 3. The number of nitrogens with zero attached hydrogens (tertiary/aromatic N) is 1. The van der Waals surface area contributed by atoms with Gasteiger partial charge < -0.3 is 4.52 Å². The average molecular weight is 257 g/mol. The number of halogens is 3. The van der Waals surface area contributed by atoms with Crippen LogP contribution in [0.4, 0.5) is 13.2 Å². The monoisotopic (exact) mass is 257 g/mol. The van der Waals surface area contributed by atoms with Gasteiger partial charge in [0.1, 0.15) is 0 Å². The summed E-state index contributed by atoms with van der Waals surface area (Å²) in [5.74, 6) is 0. The van der Waals surface area contributed by atoms with E-state index in [4.69, 9.17) is 4.52 Å². The molecule has 5 heteroatoms. The minimum atomic E-state index is -4.34. The summed E-state index contributed by atoms with van der Waals surface area (Å²) in [5, 5.41) is 4.31. The van der Waals surface area contributed by atoms with Gasteiger partial charge in [-0.3, -0.25) is 0 Å². The Bertz CT molecular complexity index is 564. The summed E-state index contributed by atoms with van der Waals surface area (Å²) in [6.45, 7) is 6.00. The SMILES string of the molecule is CC(C)(C)Cc1noc2ccc(C(F)(F)F)cc12. The summed E-state index contributed by atoms with van der Waals surface area (Å²) < 4.78 is 43.0. The molecule has 2 aromatic rings. The number of hydrogen-bond acceptors (Lipinski definition) is 2. The van der Waals surface area contributed by atoms with Crippen molar-refractivity contribution in [3.05, 3.63) is 29.5 Å². The topological polar surface area (TPSA) is 26.0 Å². The highest BCUT2D eigenvalue weighted by Gasteiger charge is 2.31. The average Bonchev–Trinajstić information content (AvgIpc) is 2.57. The van der Waals surface area contributed by atoms with E-state index in [0.29, 0.717) is 23.1 Å². The quantitative estimate of drug-likeness (QED) is 0.755. The zero-order valence-electron chi connectivity index (χ0n) is 10.4. The van der Waals surface area contributed by atoms with Crippen molar-refractivity contribution in [2.75, 3.05) is 0 Å². The van der Waals surface area contributed by atoms with E-state index in [2.05, 4.69) is 5.16 Å². The molecule has 0 bridgehead atoms. The molecular weight excluding hydrogens is 243 g/mol. The molecule has 2 nitrogen and oxygen atoms in total. The summed E-state index contributed by atoms with van der Waals surface area (Å²) in [4.78, 5) is 0. The Morgan fingerprint density at radius 2 is 1.83 bits per heavy atom. The maximum absolute atomic E-state index is 12.6. The molecule has 0 aliphatic carbocycles. The summed E-state index contributed by atoms with van der Waals surface area (Å²) in [7, 11) is 0. The molecule has 0 spiro atoms. The predicted octanol–water partition coefficient (Wildman–Crippen LogP) is 4.44. The van der Waals surface area contributed by atoms with Gasteiger partial charge in [0.2, 0.25) is 0 Å². The first-order valence-electron chi connectivity index (χ1n) is 5.62. The van der Waals surface area contributed by atoms with Crippen molar-refractivity contribution < 1.29 is 17.7 Å². The van der Waals surface area contributed by atoms with Crippen LogP contribution >= 0.6 is 0 Å². The van der Waals surface area contributed by atoms with Crippen LogP contribution in [0.5, 0.6) is 0 Å². The molecule has 2 rings (SSSR count). The Balaban J connectivity index is 2.50. The first kappa shape index (κ1) is 12.9. The maximum Gasteiger partial charge on any atom is 0.416 e. The summed E-state index contributed by atoms with van der Waals surface area (Å²) in [6, 6.07) is 3.43. The number of rotatable bonds is 1. The number of aromatic nitrogens is 1. The first-order valence-corrected chi connectivity index (χ1v) is 5.62. The molecule has 0 unspecified atom stereocenters. The second-order valence-electron chi connectivity index (χ2n) is 5.58. The van der Waals surface area contributed by atoms with E-state index >= 15 is 0 Å². The molecule has 1 aromatic carbocycles. The summed E-state index contributed by atoms with van der Waals surface area (Å²) >= 11 is 0. The largest absolute Gasteiger partial charge is 0.416 e. The van der Waals surface area contributed by atoms with Crippen LogP contribution in [0.3, 0.4) is 0 Å². The van der Waals surface area contributed by atoms with Crippen molar-refractivity contribution in [1.29, 1.82) is 0 Å². The highest BCUT2D eigenvalue weighted by Crippen LogP contribution is 2.33. The standard InChI is InChI=1S/C13H14F3NO/c1-12(2,3)7-10-9-6-8(13(14,15)16)4-5-11(9)18-17-10/h4-6H,7H2,1-3H3. The van der Waals surface area contributed by atoms with Gasteiger partial charge in [0, 0.05) is 5.39 Å². The Hall–Kier alpha value is -1.52. The van der Waals surface area contributed by atoms with Crippen LogP contribution in [0, 0.1) is 5.41 Å². The second-order valence-corrected chi connectivity index (χ2v) is 5.58. The number of fused-ring (bicyclic) bond motifs is 1. The molecular formula is C13H14F3NO. The highest BCUT2D eigenvalue weighted by atomic mass is 19.4. The molecule has 0 atom stereocenters. The van der Waals surface area contributed by atoms with Gasteiger partial charge >= 0.3 is 6.18 Å². The molecule has 0 aliphatic rings. The van der Waals surface area contributed by atoms with Crippen LogP contribution in [0.2, 0.25) is 0 Å². The minimum Gasteiger partial charge on any atom is -0.356 e. The van der Waals surface area contributed by atoms with Gasteiger partial charge in [0.05, 0.1) is 11.3 Å². The summed E-state index contributed by atoms with van der Waals surface area (Å²) in [6.07, 6.45) is -3.77. The molecule has 0 radical (unpaired) electrons. The van der Waals surface area contributed by atoms with Crippen LogP contribution in [-0.2, 0) is 12.6 Å². The van der Waals surface area contributed by atoms with E-state index in [9.17, 15) is 13.2 Å². The van der Waals surface area contributed by atoms with E-state index < -0.39 is 11.7 Å². The van der Waals surface area contributed by atoms with Gasteiger partial charge in [-0.25, -0.2) is 0 Å². The van der Waals surface area contributed by atoms with Crippen LogP contribution in [-0.4, -0.2) is 5.16 Å².